The molecular formula is C23H39N5. The molecule has 2 aliphatic heterocycles. The quantitative estimate of drug-likeness (QED) is 0.583. The van der Waals surface area contributed by atoms with Crippen LogP contribution in [0.5, 0.6) is 0 Å². The Bertz CT molecular complexity index is 636. The summed E-state index contributed by atoms with van der Waals surface area (Å²) in [5, 5.41) is 7.21. The van der Waals surface area contributed by atoms with E-state index in [1.807, 2.05) is 7.05 Å². The first-order valence-electron chi connectivity index (χ1n) is 11.1. The second-order valence-electron chi connectivity index (χ2n) is 8.81. The Kier molecular flexibility index (Phi) is 7.74. The fourth-order valence-corrected chi connectivity index (χ4v) is 4.41. The van der Waals surface area contributed by atoms with Crippen LogP contribution in [0.2, 0.25) is 0 Å². The zero-order chi connectivity index (χ0) is 19.9. The van der Waals surface area contributed by atoms with E-state index in [0.717, 1.165) is 32.1 Å². The van der Waals surface area contributed by atoms with Gasteiger partial charge in [-0.3, -0.25) is 14.8 Å². The Morgan fingerprint density at radius 3 is 2.46 bits per heavy atom. The first kappa shape index (κ1) is 21.1. The number of hydrogen-bond donors (Lipinski definition) is 2. The molecule has 0 bridgehead atoms. The molecule has 5 nitrogen and oxygen atoms in total. The third-order valence-corrected chi connectivity index (χ3v) is 6.32. The van der Waals surface area contributed by atoms with E-state index >= 15 is 0 Å². The van der Waals surface area contributed by atoms with E-state index in [1.54, 1.807) is 0 Å². The molecule has 2 fully saturated rings. The monoisotopic (exact) mass is 385 g/mol. The molecule has 0 radical (unpaired) electrons. The van der Waals surface area contributed by atoms with Gasteiger partial charge in [0.2, 0.25) is 0 Å². The van der Waals surface area contributed by atoms with Gasteiger partial charge < -0.3 is 10.6 Å². The number of benzene rings is 1. The van der Waals surface area contributed by atoms with Crippen LogP contribution in [0.25, 0.3) is 0 Å². The number of likely N-dealkylation sites (tertiary alicyclic amines) is 2. The molecule has 3 rings (SSSR count). The molecule has 1 aromatic rings. The Balaban J connectivity index is 1.55. The van der Waals surface area contributed by atoms with E-state index in [1.165, 1.54) is 43.5 Å². The summed E-state index contributed by atoms with van der Waals surface area (Å²) >= 11 is 0. The highest BCUT2D eigenvalue weighted by molar-refractivity contribution is 5.80. The Hall–Kier alpha value is -1.59. The van der Waals surface area contributed by atoms with Crippen LogP contribution in [0.3, 0.4) is 0 Å². The molecule has 5 heteroatoms. The van der Waals surface area contributed by atoms with Gasteiger partial charge in [-0.15, -0.1) is 0 Å². The normalized spacial score (nSPS) is 24.7. The number of nitrogens with one attached hydrogen (secondary N) is 2. The summed E-state index contributed by atoms with van der Waals surface area (Å²) in [5.74, 6) is 1.54. The maximum Gasteiger partial charge on any atom is 0.191 e. The highest BCUT2D eigenvalue weighted by Gasteiger charge is 2.31. The van der Waals surface area contributed by atoms with Gasteiger partial charge in [0, 0.05) is 45.3 Å². The Labute approximate surface area is 171 Å². The van der Waals surface area contributed by atoms with Crippen molar-refractivity contribution < 1.29 is 0 Å². The van der Waals surface area contributed by atoms with Gasteiger partial charge in [0.05, 0.1) is 0 Å². The highest BCUT2D eigenvalue weighted by Crippen LogP contribution is 2.19. The van der Waals surface area contributed by atoms with Gasteiger partial charge in [0.15, 0.2) is 5.96 Å². The van der Waals surface area contributed by atoms with Crippen molar-refractivity contribution in [3.63, 3.8) is 0 Å². The zero-order valence-corrected chi connectivity index (χ0v) is 18.2. The first-order valence-corrected chi connectivity index (χ1v) is 11.1. The smallest absolute Gasteiger partial charge is 0.191 e. The molecule has 0 aliphatic carbocycles. The number of hydrogen-bond acceptors (Lipinski definition) is 3. The summed E-state index contributed by atoms with van der Waals surface area (Å²) in [5.41, 5.74) is 2.81. The molecule has 2 unspecified atom stereocenters. The molecule has 2 heterocycles. The SMILES string of the molecule is CN=C(NCc1ccccc1CN1CCCCC1)NC1CN(C(C)C)CC1C. The van der Waals surface area contributed by atoms with E-state index in [0.29, 0.717) is 18.0 Å². The van der Waals surface area contributed by atoms with Gasteiger partial charge in [-0.05, 0) is 56.8 Å². The third kappa shape index (κ3) is 5.71. The number of guanidine groups is 1. The molecule has 0 aromatic heterocycles. The van der Waals surface area contributed by atoms with E-state index in [4.69, 9.17) is 0 Å². The van der Waals surface area contributed by atoms with Crippen molar-refractivity contribution in [1.82, 2.24) is 20.4 Å². The number of nitrogens with zero attached hydrogens (tertiary/aromatic N) is 3. The van der Waals surface area contributed by atoms with Gasteiger partial charge in [0.1, 0.15) is 0 Å². The molecule has 2 N–H and O–H groups in total. The van der Waals surface area contributed by atoms with Crippen molar-refractivity contribution in [1.29, 1.82) is 0 Å². The molecule has 2 saturated heterocycles. The summed E-state index contributed by atoms with van der Waals surface area (Å²) in [6.45, 7) is 13.5. The van der Waals surface area contributed by atoms with E-state index < -0.39 is 0 Å². The van der Waals surface area contributed by atoms with Crippen LogP contribution in [0.15, 0.2) is 29.3 Å². The lowest BCUT2D eigenvalue weighted by molar-refractivity contribution is 0.220. The summed E-state index contributed by atoms with van der Waals surface area (Å²) in [6, 6.07) is 9.89. The largest absolute Gasteiger partial charge is 0.352 e. The number of rotatable bonds is 6. The molecule has 0 spiro atoms. The van der Waals surface area contributed by atoms with Crippen LogP contribution in [0.4, 0.5) is 0 Å². The summed E-state index contributed by atoms with van der Waals surface area (Å²) in [7, 11) is 1.87. The Morgan fingerprint density at radius 2 is 1.82 bits per heavy atom. The summed E-state index contributed by atoms with van der Waals surface area (Å²) in [4.78, 5) is 9.62. The van der Waals surface area contributed by atoms with Gasteiger partial charge in [-0.25, -0.2) is 0 Å². The number of piperidine rings is 1. The average molecular weight is 386 g/mol. The molecule has 0 amide bonds. The molecule has 2 atom stereocenters. The van der Waals surface area contributed by atoms with E-state index in [9.17, 15) is 0 Å². The molecule has 28 heavy (non-hydrogen) atoms. The topological polar surface area (TPSA) is 42.9 Å². The van der Waals surface area contributed by atoms with Crippen LogP contribution in [-0.4, -0.2) is 61.1 Å². The maximum atomic E-state index is 4.48. The van der Waals surface area contributed by atoms with Crippen molar-refractivity contribution >= 4 is 5.96 Å². The van der Waals surface area contributed by atoms with Crippen molar-refractivity contribution in [2.75, 3.05) is 33.2 Å². The van der Waals surface area contributed by atoms with Gasteiger partial charge in [-0.1, -0.05) is 37.6 Å². The van der Waals surface area contributed by atoms with Gasteiger partial charge in [0.25, 0.3) is 0 Å². The van der Waals surface area contributed by atoms with E-state index in [2.05, 4.69) is 70.5 Å². The average Bonchev–Trinajstić information content (AvgIpc) is 3.07. The lowest BCUT2D eigenvalue weighted by Crippen LogP contribution is -2.46. The predicted molar refractivity (Wildman–Crippen MR) is 119 cm³/mol. The standard InChI is InChI=1S/C23H39N5/c1-18(2)28-15-19(3)22(17-28)26-23(24-4)25-14-20-10-6-7-11-21(20)16-27-12-8-5-9-13-27/h6-7,10-11,18-19,22H,5,8-9,12-17H2,1-4H3,(H2,24,25,26). The van der Waals surface area contributed by atoms with Crippen molar-refractivity contribution in [3.8, 4) is 0 Å². The minimum absolute atomic E-state index is 0.456. The first-order chi connectivity index (χ1) is 13.6. The fraction of sp³-hybridized carbons (Fsp3) is 0.696. The van der Waals surface area contributed by atoms with Gasteiger partial charge in [-0.2, -0.15) is 0 Å². The second-order valence-corrected chi connectivity index (χ2v) is 8.81. The molecule has 1 aromatic carbocycles. The maximum absolute atomic E-state index is 4.48. The highest BCUT2D eigenvalue weighted by atomic mass is 15.3. The summed E-state index contributed by atoms with van der Waals surface area (Å²) in [6.07, 6.45) is 4.06. The molecule has 2 aliphatic rings. The van der Waals surface area contributed by atoms with Crippen molar-refractivity contribution in [3.05, 3.63) is 35.4 Å². The lowest BCUT2D eigenvalue weighted by Gasteiger charge is -2.27. The third-order valence-electron chi connectivity index (χ3n) is 6.32. The van der Waals surface area contributed by atoms with Crippen LogP contribution in [0, 0.1) is 5.92 Å². The van der Waals surface area contributed by atoms with E-state index in [-0.39, 0.29) is 0 Å². The van der Waals surface area contributed by atoms with Crippen LogP contribution in [-0.2, 0) is 13.1 Å². The fourth-order valence-electron chi connectivity index (χ4n) is 4.41. The minimum atomic E-state index is 0.456. The molecule has 0 saturated carbocycles. The zero-order valence-electron chi connectivity index (χ0n) is 18.2. The van der Waals surface area contributed by atoms with Crippen LogP contribution >= 0.6 is 0 Å². The number of aliphatic imine (C=N–C) groups is 1. The minimum Gasteiger partial charge on any atom is -0.352 e. The lowest BCUT2D eigenvalue weighted by atomic mass is 10.0. The van der Waals surface area contributed by atoms with Gasteiger partial charge >= 0.3 is 0 Å². The predicted octanol–water partition coefficient (Wildman–Crippen LogP) is 3.07. The summed E-state index contributed by atoms with van der Waals surface area (Å²) < 4.78 is 0. The van der Waals surface area contributed by atoms with Crippen molar-refractivity contribution in [2.24, 2.45) is 10.9 Å². The van der Waals surface area contributed by atoms with Crippen LogP contribution < -0.4 is 10.6 Å². The van der Waals surface area contributed by atoms with Crippen LogP contribution in [0.1, 0.15) is 51.2 Å². The van der Waals surface area contributed by atoms with Crippen molar-refractivity contribution in [2.45, 2.75) is 65.2 Å². The molecule has 156 valence electrons. The molecular weight excluding hydrogens is 346 g/mol. The Morgan fingerprint density at radius 1 is 1.11 bits per heavy atom. The second kappa shape index (κ2) is 10.3.